The van der Waals surface area contributed by atoms with Crippen LogP contribution in [0.1, 0.15) is 29.6 Å². The number of benzene rings is 1. The van der Waals surface area contributed by atoms with E-state index < -0.39 is 0 Å². The highest BCUT2D eigenvalue weighted by molar-refractivity contribution is 6.06. The summed E-state index contributed by atoms with van der Waals surface area (Å²) in [7, 11) is 1.98. The van der Waals surface area contributed by atoms with Crippen LogP contribution in [0, 0.1) is 0 Å². The van der Waals surface area contributed by atoms with Gasteiger partial charge in [0.05, 0.1) is 12.2 Å². The number of aromatic nitrogens is 1. The molecule has 0 atom stereocenters. The number of likely N-dealkylation sites (tertiary alicyclic amines) is 1. The van der Waals surface area contributed by atoms with Crippen molar-refractivity contribution in [2.45, 2.75) is 19.3 Å². The van der Waals surface area contributed by atoms with E-state index in [9.17, 15) is 4.79 Å². The van der Waals surface area contributed by atoms with Crippen LogP contribution in [0.4, 0.5) is 0 Å². The second kappa shape index (κ2) is 6.96. The smallest absolute Gasteiger partial charge is 0.254 e. The number of halogens is 1. The Morgan fingerprint density at radius 1 is 1.19 bits per heavy atom. The lowest BCUT2D eigenvalue weighted by atomic mass is 10.1. The first-order valence-corrected chi connectivity index (χ1v) is 7.30. The normalized spacial score (nSPS) is 15.7. The number of piperidine rings is 1. The lowest BCUT2D eigenvalue weighted by Gasteiger charge is -2.26. The third kappa shape index (κ3) is 3.39. The molecule has 114 valence electrons. The van der Waals surface area contributed by atoms with Gasteiger partial charge in [0.25, 0.3) is 5.91 Å². The summed E-state index contributed by atoms with van der Waals surface area (Å²) in [6.45, 7) is 2.84. The van der Waals surface area contributed by atoms with Crippen LogP contribution in [0.15, 0.2) is 30.5 Å². The van der Waals surface area contributed by atoms with Gasteiger partial charge in [-0.25, -0.2) is 0 Å². The predicted molar refractivity (Wildman–Crippen MR) is 80.7 cm³/mol. The molecule has 1 aliphatic heterocycles. The molecule has 0 unspecified atom stereocenters. The number of hydrogen-bond donors (Lipinski definition) is 1. The molecule has 1 saturated heterocycles. The minimum Gasteiger partial charge on any atom is -1.00 e. The monoisotopic (exact) mass is 306 g/mol. The third-order valence-corrected chi connectivity index (χ3v) is 4.05. The van der Waals surface area contributed by atoms with Gasteiger partial charge in [-0.05, 0) is 32.0 Å². The molecule has 21 heavy (non-hydrogen) atoms. The van der Waals surface area contributed by atoms with Gasteiger partial charge in [0.15, 0.2) is 0 Å². The Hall–Kier alpha value is -1.52. The Kier molecular flexibility index (Phi) is 5.26. The summed E-state index contributed by atoms with van der Waals surface area (Å²) in [6.07, 6.45) is 5.71. The molecule has 2 aromatic rings. The first kappa shape index (κ1) is 15.9. The Bertz CT molecular complexity index is 617. The third-order valence-electron chi connectivity index (χ3n) is 4.05. The van der Waals surface area contributed by atoms with Gasteiger partial charge < -0.3 is 22.3 Å². The maximum absolute atomic E-state index is 12.4. The molecule has 1 amide bonds. The maximum Gasteiger partial charge on any atom is 0.254 e. The van der Waals surface area contributed by atoms with Gasteiger partial charge >= 0.3 is 0 Å². The molecular weight excluding hydrogens is 286 g/mol. The summed E-state index contributed by atoms with van der Waals surface area (Å²) in [5.74, 6) is 0.0207. The average Bonchev–Trinajstić information content (AvgIpc) is 2.84. The van der Waals surface area contributed by atoms with Crippen molar-refractivity contribution in [1.29, 1.82) is 0 Å². The van der Waals surface area contributed by atoms with E-state index in [2.05, 4.69) is 10.2 Å². The lowest BCUT2D eigenvalue weighted by molar-refractivity contribution is -0.0000127. The van der Waals surface area contributed by atoms with Crippen molar-refractivity contribution in [3.63, 3.8) is 0 Å². The summed E-state index contributed by atoms with van der Waals surface area (Å²) in [6, 6.07) is 8.02. The molecule has 3 rings (SSSR count). The highest BCUT2D eigenvalue weighted by atomic mass is 35.5. The first-order valence-electron chi connectivity index (χ1n) is 7.30. The van der Waals surface area contributed by atoms with Gasteiger partial charge in [0.2, 0.25) is 0 Å². The van der Waals surface area contributed by atoms with E-state index in [-0.39, 0.29) is 18.3 Å². The predicted octanol–water partition coefficient (Wildman–Crippen LogP) is -0.644. The minimum absolute atomic E-state index is 0. The number of carbonyl (C=O) groups is 1. The SMILES string of the molecule is Cn1cc(C(=O)NCN2CCCCC2)c2ccccc21.[Cl-]. The lowest BCUT2D eigenvalue weighted by Crippen LogP contribution is -3.00. The van der Waals surface area contributed by atoms with Crippen LogP contribution in [-0.2, 0) is 7.05 Å². The van der Waals surface area contributed by atoms with E-state index in [4.69, 9.17) is 0 Å². The van der Waals surface area contributed by atoms with Gasteiger partial charge in [-0.3, -0.25) is 9.69 Å². The highest BCUT2D eigenvalue weighted by Crippen LogP contribution is 2.20. The van der Waals surface area contributed by atoms with Crippen LogP contribution in [0.25, 0.3) is 10.9 Å². The van der Waals surface area contributed by atoms with Gasteiger partial charge in [0.1, 0.15) is 0 Å². The molecule has 1 N–H and O–H groups in total. The molecule has 1 aromatic heterocycles. The number of para-hydroxylation sites is 1. The number of rotatable bonds is 3. The van der Waals surface area contributed by atoms with Crippen LogP contribution in [0.5, 0.6) is 0 Å². The van der Waals surface area contributed by atoms with Crippen molar-refractivity contribution in [1.82, 2.24) is 14.8 Å². The van der Waals surface area contributed by atoms with E-state index in [0.717, 1.165) is 29.6 Å². The second-order valence-electron chi connectivity index (χ2n) is 5.51. The highest BCUT2D eigenvalue weighted by Gasteiger charge is 2.15. The van der Waals surface area contributed by atoms with E-state index in [1.54, 1.807) is 0 Å². The van der Waals surface area contributed by atoms with Gasteiger partial charge in [-0.2, -0.15) is 0 Å². The van der Waals surface area contributed by atoms with E-state index in [0.29, 0.717) is 6.67 Å². The Labute approximate surface area is 131 Å². The summed E-state index contributed by atoms with van der Waals surface area (Å²) >= 11 is 0. The first-order chi connectivity index (χ1) is 9.75. The summed E-state index contributed by atoms with van der Waals surface area (Å²) in [5.41, 5.74) is 1.86. The van der Waals surface area contributed by atoms with Crippen molar-refractivity contribution < 1.29 is 17.2 Å². The molecule has 0 aliphatic carbocycles. The average molecular weight is 307 g/mol. The minimum atomic E-state index is 0. The second-order valence-corrected chi connectivity index (χ2v) is 5.51. The molecular formula is C16H21ClN3O-. The Morgan fingerprint density at radius 2 is 1.90 bits per heavy atom. The van der Waals surface area contributed by atoms with Crippen molar-refractivity contribution >= 4 is 16.8 Å². The molecule has 2 heterocycles. The number of carbonyl (C=O) groups excluding carboxylic acids is 1. The van der Waals surface area contributed by atoms with Crippen LogP contribution in [0.2, 0.25) is 0 Å². The van der Waals surface area contributed by atoms with Crippen molar-refractivity contribution in [3.05, 3.63) is 36.0 Å². The molecule has 5 heteroatoms. The maximum atomic E-state index is 12.4. The summed E-state index contributed by atoms with van der Waals surface area (Å²) in [4.78, 5) is 14.7. The Morgan fingerprint density at radius 3 is 2.67 bits per heavy atom. The fraction of sp³-hybridized carbons (Fsp3) is 0.438. The number of fused-ring (bicyclic) bond motifs is 1. The molecule has 1 fully saturated rings. The fourth-order valence-electron chi connectivity index (χ4n) is 2.92. The zero-order valence-electron chi connectivity index (χ0n) is 12.3. The van der Waals surface area contributed by atoms with Crippen molar-refractivity contribution in [2.24, 2.45) is 7.05 Å². The van der Waals surface area contributed by atoms with Crippen LogP contribution in [-0.4, -0.2) is 35.1 Å². The largest absolute Gasteiger partial charge is 1.00 e. The van der Waals surface area contributed by atoms with Gasteiger partial charge in [-0.15, -0.1) is 0 Å². The quantitative estimate of drug-likeness (QED) is 0.819. The number of aryl methyl sites for hydroxylation is 1. The molecule has 1 aliphatic rings. The van der Waals surface area contributed by atoms with Crippen LogP contribution >= 0.6 is 0 Å². The molecule has 0 spiro atoms. The summed E-state index contributed by atoms with van der Waals surface area (Å²) in [5, 5.41) is 4.07. The van der Waals surface area contributed by atoms with Gasteiger partial charge in [-0.1, -0.05) is 24.6 Å². The van der Waals surface area contributed by atoms with Crippen LogP contribution in [0.3, 0.4) is 0 Å². The van der Waals surface area contributed by atoms with Gasteiger partial charge in [0, 0.05) is 24.1 Å². The Balaban J connectivity index is 0.00000161. The van der Waals surface area contributed by atoms with E-state index in [1.807, 2.05) is 42.1 Å². The molecule has 0 bridgehead atoms. The standard InChI is InChI=1S/C16H21N3O.ClH/c1-18-11-14(13-7-3-4-8-15(13)18)16(20)17-12-19-9-5-2-6-10-19;/h3-4,7-8,11H,2,5-6,9-10,12H2,1H3,(H,17,20);1H/p-1. The zero-order chi connectivity index (χ0) is 13.9. The van der Waals surface area contributed by atoms with E-state index in [1.165, 1.54) is 19.3 Å². The van der Waals surface area contributed by atoms with Crippen molar-refractivity contribution in [3.8, 4) is 0 Å². The molecule has 0 radical (unpaired) electrons. The number of hydrogen-bond acceptors (Lipinski definition) is 2. The molecule has 4 nitrogen and oxygen atoms in total. The topological polar surface area (TPSA) is 37.3 Å². The van der Waals surface area contributed by atoms with E-state index >= 15 is 0 Å². The molecule has 1 aromatic carbocycles. The van der Waals surface area contributed by atoms with Crippen molar-refractivity contribution in [2.75, 3.05) is 19.8 Å². The number of amides is 1. The summed E-state index contributed by atoms with van der Waals surface area (Å²) < 4.78 is 2.01. The fourth-order valence-corrected chi connectivity index (χ4v) is 2.92. The zero-order valence-corrected chi connectivity index (χ0v) is 13.1. The number of nitrogens with one attached hydrogen (secondary N) is 1. The van der Waals surface area contributed by atoms with Crippen LogP contribution < -0.4 is 17.7 Å². The molecule has 0 saturated carbocycles. The number of nitrogens with zero attached hydrogens (tertiary/aromatic N) is 2.